The van der Waals surface area contributed by atoms with Gasteiger partial charge in [0.25, 0.3) is 5.91 Å². The van der Waals surface area contributed by atoms with E-state index in [1.165, 1.54) is 5.56 Å². The molecule has 1 aliphatic heterocycles. The standard InChI is InChI=1S/C21H23N5O.C2HF3O2/c1-16-22-10-12-26(16)19-7-8-24-20(14-19)21(27)25-11-9-23-18(15-25)13-17-5-3-2-4-6-17;3-2(4,5)1(6)7/h2-8,10,12,14,18,23H,9,11,13,15H2,1H3;(H,6,7). The Balaban J connectivity index is 0.000000406. The Kier molecular flexibility index (Phi) is 8.00. The summed E-state index contributed by atoms with van der Waals surface area (Å²) >= 11 is 0. The van der Waals surface area contributed by atoms with Crippen molar-refractivity contribution < 1.29 is 27.9 Å². The third-order valence-corrected chi connectivity index (χ3v) is 5.18. The van der Waals surface area contributed by atoms with Gasteiger partial charge in [0, 0.05) is 44.3 Å². The van der Waals surface area contributed by atoms with E-state index in [-0.39, 0.29) is 11.9 Å². The summed E-state index contributed by atoms with van der Waals surface area (Å²) in [6, 6.07) is 14.4. The van der Waals surface area contributed by atoms with E-state index in [0.717, 1.165) is 24.5 Å². The van der Waals surface area contributed by atoms with Crippen molar-refractivity contribution in [3.63, 3.8) is 0 Å². The predicted molar refractivity (Wildman–Crippen MR) is 118 cm³/mol. The third-order valence-electron chi connectivity index (χ3n) is 5.18. The molecule has 0 bridgehead atoms. The number of aliphatic carboxylic acids is 1. The van der Waals surface area contributed by atoms with Gasteiger partial charge in [-0.3, -0.25) is 9.78 Å². The molecule has 1 amide bonds. The fraction of sp³-hybridized carbons (Fsp3) is 0.304. The molecular formula is C23H24F3N5O3. The number of benzene rings is 1. The summed E-state index contributed by atoms with van der Waals surface area (Å²) in [5.74, 6) is -1.90. The van der Waals surface area contributed by atoms with Gasteiger partial charge in [-0.15, -0.1) is 0 Å². The van der Waals surface area contributed by atoms with Crippen LogP contribution in [0.5, 0.6) is 0 Å². The number of carbonyl (C=O) groups is 2. The molecule has 34 heavy (non-hydrogen) atoms. The quantitative estimate of drug-likeness (QED) is 0.602. The minimum Gasteiger partial charge on any atom is -0.475 e. The van der Waals surface area contributed by atoms with Crippen molar-refractivity contribution in [3.8, 4) is 5.69 Å². The van der Waals surface area contributed by atoms with Gasteiger partial charge in [0.05, 0.1) is 5.69 Å². The van der Waals surface area contributed by atoms with Gasteiger partial charge < -0.3 is 19.9 Å². The van der Waals surface area contributed by atoms with Crippen molar-refractivity contribution in [1.82, 2.24) is 24.8 Å². The molecule has 0 aliphatic carbocycles. The summed E-state index contributed by atoms with van der Waals surface area (Å²) in [5, 5.41) is 10.6. The molecular weight excluding hydrogens is 451 g/mol. The number of alkyl halides is 3. The molecule has 1 aliphatic rings. The number of amides is 1. The van der Waals surface area contributed by atoms with Crippen LogP contribution in [0.3, 0.4) is 0 Å². The summed E-state index contributed by atoms with van der Waals surface area (Å²) in [7, 11) is 0. The van der Waals surface area contributed by atoms with Crippen LogP contribution in [0.2, 0.25) is 0 Å². The third kappa shape index (κ3) is 6.64. The summed E-state index contributed by atoms with van der Waals surface area (Å²) in [6.45, 7) is 4.11. The Morgan fingerprint density at radius 3 is 2.47 bits per heavy atom. The van der Waals surface area contributed by atoms with E-state index in [9.17, 15) is 18.0 Å². The predicted octanol–water partition coefficient (Wildman–Crippen LogP) is 2.87. The van der Waals surface area contributed by atoms with Crippen molar-refractivity contribution in [2.75, 3.05) is 19.6 Å². The molecule has 8 nitrogen and oxygen atoms in total. The van der Waals surface area contributed by atoms with Gasteiger partial charge in [-0.1, -0.05) is 30.3 Å². The van der Waals surface area contributed by atoms with E-state index in [1.54, 1.807) is 12.4 Å². The molecule has 11 heteroatoms. The van der Waals surface area contributed by atoms with Gasteiger partial charge in [0.15, 0.2) is 0 Å². The minimum absolute atomic E-state index is 0.0193. The lowest BCUT2D eigenvalue weighted by Crippen LogP contribution is -2.53. The van der Waals surface area contributed by atoms with Gasteiger partial charge in [0.1, 0.15) is 11.5 Å². The number of nitrogens with zero attached hydrogens (tertiary/aromatic N) is 4. The zero-order valence-electron chi connectivity index (χ0n) is 18.4. The molecule has 1 fully saturated rings. The summed E-state index contributed by atoms with van der Waals surface area (Å²) in [6.07, 6.45) is 1.15. The zero-order valence-corrected chi connectivity index (χ0v) is 18.4. The van der Waals surface area contributed by atoms with E-state index >= 15 is 0 Å². The molecule has 0 radical (unpaired) electrons. The van der Waals surface area contributed by atoms with Gasteiger partial charge in [0.2, 0.25) is 0 Å². The second-order valence-corrected chi connectivity index (χ2v) is 7.64. The summed E-state index contributed by atoms with van der Waals surface area (Å²) in [4.78, 5) is 32.4. The lowest BCUT2D eigenvalue weighted by atomic mass is 10.0. The normalized spacial score (nSPS) is 15.9. The number of hydrogen-bond donors (Lipinski definition) is 2. The number of piperazine rings is 1. The lowest BCUT2D eigenvalue weighted by Gasteiger charge is -2.33. The Bertz CT molecular complexity index is 1120. The maximum atomic E-state index is 13.0. The average Bonchev–Trinajstić information content (AvgIpc) is 3.25. The van der Waals surface area contributed by atoms with Gasteiger partial charge >= 0.3 is 12.1 Å². The number of imidazole rings is 1. The molecule has 1 saturated heterocycles. The Morgan fingerprint density at radius 1 is 1.15 bits per heavy atom. The summed E-state index contributed by atoms with van der Waals surface area (Å²) in [5.41, 5.74) is 2.65. The van der Waals surface area contributed by atoms with Crippen molar-refractivity contribution in [1.29, 1.82) is 0 Å². The molecule has 3 aromatic rings. The molecule has 4 rings (SSSR count). The van der Waals surface area contributed by atoms with Crippen molar-refractivity contribution in [2.45, 2.75) is 25.6 Å². The largest absolute Gasteiger partial charge is 0.490 e. The average molecular weight is 475 g/mol. The molecule has 1 atom stereocenters. The number of carboxylic acids is 1. The van der Waals surface area contributed by atoms with Crippen LogP contribution in [-0.4, -0.2) is 68.3 Å². The highest BCUT2D eigenvalue weighted by Crippen LogP contribution is 2.15. The summed E-state index contributed by atoms with van der Waals surface area (Å²) < 4.78 is 33.7. The van der Waals surface area contributed by atoms with E-state index in [1.807, 2.05) is 40.8 Å². The maximum absolute atomic E-state index is 13.0. The topological polar surface area (TPSA) is 100 Å². The second-order valence-electron chi connectivity index (χ2n) is 7.64. The van der Waals surface area contributed by atoms with Crippen LogP contribution in [0.1, 0.15) is 21.9 Å². The van der Waals surface area contributed by atoms with Gasteiger partial charge in [-0.2, -0.15) is 13.2 Å². The number of hydrogen-bond acceptors (Lipinski definition) is 5. The first-order valence-electron chi connectivity index (χ1n) is 10.5. The zero-order chi connectivity index (χ0) is 24.7. The lowest BCUT2D eigenvalue weighted by molar-refractivity contribution is -0.192. The van der Waals surface area contributed by atoms with Crippen molar-refractivity contribution in [3.05, 3.63) is 78.1 Å². The number of pyridine rings is 1. The first-order valence-corrected chi connectivity index (χ1v) is 10.5. The van der Waals surface area contributed by atoms with E-state index in [2.05, 4.69) is 39.6 Å². The Hall–Kier alpha value is -3.73. The van der Waals surface area contributed by atoms with Crippen LogP contribution in [0.25, 0.3) is 5.69 Å². The fourth-order valence-corrected chi connectivity index (χ4v) is 3.54. The molecule has 1 unspecified atom stereocenters. The highest BCUT2D eigenvalue weighted by atomic mass is 19.4. The van der Waals surface area contributed by atoms with Crippen molar-refractivity contribution >= 4 is 11.9 Å². The van der Waals surface area contributed by atoms with E-state index in [4.69, 9.17) is 9.90 Å². The monoisotopic (exact) mass is 475 g/mol. The first-order chi connectivity index (χ1) is 16.1. The van der Waals surface area contributed by atoms with E-state index in [0.29, 0.717) is 18.8 Å². The molecule has 2 aromatic heterocycles. The number of carbonyl (C=O) groups excluding carboxylic acids is 1. The second kappa shape index (κ2) is 10.9. The first kappa shape index (κ1) is 24.9. The Labute approximate surface area is 194 Å². The maximum Gasteiger partial charge on any atom is 0.490 e. The van der Waals surface area contributed by atoms with Gasteiger partial charge in [-0.25, -0.2) is 9.78 Å². The number of aryl methyl sites for hydroxylation is 1. The highest BCUT2D eigenvalue weighted by Gasteiger charge is 2.38. The number of halogens is 3. The molecule has 180 valence electrons. The molecule has 0 saturated carbocycles. The molecule has 3 heterocycles. The minimum atomic E-state index is -5.08. The van der Waals surface area contributed by atoms with Crippen LogP contribution < -0.4 is 5.32 Å². The number of aromatic nitrogens is 3. The van der Waals surface area contributed by atoms with Gasteiger partial charge in [-0.05, 0) is 31.0 Å². The number of rotatable bonds is 4. The van der Waals surface area contributed by atoms with E-state index < -0.39 is 12.1 Å². The van der Waals surface area contributed by atoms with Crippen LogP contribution in [-0.2, 0) is 11.2 Å². The smallest absolute Gasteiger partial charge is 0.475 e. The van der Waals surface area contributed by atoms with Crippen molar-refractivity contribution in [2.24, 2.45) is 0 Å². The fourth-order valence-electron chi connectivity index (χ4n) is 3.54. The molecule has 2 N–H and O–H groups in total. The van der Waals surface area contributed by atoms with Crippen LogP contribution >= 0.6 is 0 Å². The Morgan fingerprint density at radius 2 is 1.85 bits per heavy atom. The number of carboxylic acid groups (broad SMARTS) is 1. The van der Waals surface area contributed by atoms with Crippen LogP contribution in [0, 0.1) is 6.92 Å². The number of nitrogens with one attached hydrogen (secondary N) is 1. The van der Waals surface area contributed by atoms with Crippen LogP contribution in [0.15, 0.2) is 61.1 Å². The SMILES string of the molecule is Cc1nccn1-c1ccnc(C(=O)N2CCNC(Cc3ccccc3)C2)c1.O=C(O)C(F)(F)F. The molecule has 0 spiro atoms. The highest BCUT2D eigenvalue weighted by molar-refractivity contribution is 5.93. The molecule has 1 aromatic carbocycles. The van der Waals surface area contributed by atoms with Crippen LogP contribution in [0.4, 0.5) is 13.2 Å².